The Bertz CT molecular complexity index is 299. The summed E-state index contributed by atoms with van der Waals surface area (Å²) in [6.07, 6.45) is 3.90. The van der Waals surface area contributed by atoms with Gasteiger partial charge in [-0.1, -0.05) is 33.8 Å². The molecule has 1 rings (SSSR count). The highest BCUT2D eigenvalue weighted by molar-refractivity contribution is 7.11. The predicted molar refractivity (Wildman–Crippen MR) is 69.7 cm³/mol. The lowest BCUT2D eigenvalue weighted by atomic mass is 10.3. The molecule has 3 heteroatoms. The molecule has 0 saturated carbocycles. The molecule has 0 fully saturated rings. The summed E-state index contributed by atoms with van der Waals surface area (Å²) in [5.41, 5.74) is 3.78. The summed E-state index contributed by atoms with van der Waals surface area (Å²) in [5, 5.41) is 0. The van der Waals surface area contributed by atoms with Crippen molar-refractivity contribution in [3.63, 3.8) is 0 Å². The van der Waals surface area contributed by atoms with Gasteiger partial charge in [-0.25, -0.2) is 0 Å². The Balaban J connectivity index is 0.000000921. The topological polar surface area (TPSA) is 25.2 Å². The molecule has 0 radical (unpaired) electrons. The molecule has 0 atom stereocenters. The molecule has 1 aromatic rings. The summed E-state index contributed by atoms with van der Waals surface area (Å²) < 4.78 is 0. The van der Waals surface area contributed by atoms with Gasteiger partial charge in [0.05, 0.1) is 16.1 Å². The number of hydrogen-bond donors (Lipinski definition) is 0. The molecule has 0 N–H and O–H groups in total. The van der Waals surface area contributed by atoms with Crippen molar-refractivity contribution in [2.45, 2.75) is 40.5 Å². The molecule has 0 saturated heterocycles. The lowest BCUT2D eigenvalue weighted by Crippen LogP contribution is -1.91. The van der Waals surface area contributed by atoms with Crippen molar-refractivity contribution < 1.29 is 0 Å². The monoisotopic (exact) mass is 224 g/mol. The number of aliphatic imine (C=N–C) groups is 1. The first kappa shape index (κ1) is 14.0. The van der Waals surface area contributed by atoms with E-state index in [1.807, 2.05) is 32.5 Å². The van der Waals surface area contributed by atoms with Crippen LogP contribution in [0.1, 0.15) is 45.4 Å². The second kappa shape index (κ2) is 8.36. The molecule has 15 heavy (non-hydrogen) atoms. The van der Waals surface area contributed by atoms with Crippen LogP contribution >= 0.6 is 11.3 Å². The number of thiazole rings is 1. The highest BCUT2D eigenvalue weighted by Gasteiger charge is 1.98. The number of hydrogen-bond acceptors (Lipinski definition) is 3. The molecule has 84 valence electrons. The first-order valence-corrected chi connectivity index (χ1v) is 6.24. The Morgan fingerprint density at radius 2 is 2.20 bits per heavy atom. The fourth-order valence-corrected chi connectivity index (χ4v) is 1.60. The standard InChI is InChI=1S/C10H14N2S.C2H6/c1-4-5-8(2)12-9(3)10-6-11-7-13-10;1-2/h6-7H,2,4-5H2,1,3H3;1-2H3. The third kappa shape index (κ3) is 5.47. The van der Waals surface area contributed by atoms with Gasteiger partial charge in [0.1, 0.15) is 0 Å². The molecule has 0 amide bonds. The van der Waals surface area contributed by atoms with Crippen molar-refractivity contribution in [3.05, 3.63) is 28.9 Å². The highest BCUT2D eigenvalue weighted by atomic mass is 32.1. The Labute approximate surface area is 96.8 Å². The molecule has 0 aliphatic heterocycles. The quantitative estimate of drug-likeness (QED) is 0.700. The van der Waals surface area contributed by atoms with Crippen molar-refractivity contribution in [2.75, 3.05) is 0 Å². The van der Waals surface area contributed by atoms with Crippen molar-refractivity contribution in [2.24, 2.45) is 4.99 Å². The van der Waals surface area contributed by atoms with E-state index in [9.17, 15) is 0 Å². The molecule has 0 aromatic carbocycles. The van der Waals surface area contributed by atoms with Gasteiger partial charge in [-0.05, 0) is 13.3 Å². The summed E-state index contributed by atoms with van der Waals surface area (Å²) in [7, 11) is 0. The van der Waals surface area contributed by atoms with Crippen LogP contribution in [0.25, 0.3) is 0 Å². The molecule has 1 aromatic heterocycles. The lowest BCUT2D eigenvalue weighted by molar-refractivity contribution is 0.897. The van der Waals surface area contributed by atoms with Gasteiger partial charge in [0, 0.05) is 11.9 Å². The van der Waals surface area contributed by atoms with E-state index in [4.69, 9.17) is 0 Å². The van der Waals surface area contributed by atoms with Crippen molar-refractivity contribution >= 4 is 17.0 Å². The van der Waals surface area contributed by atoms with Crippen LogP contribution in [0.15, 0.2) is 29.0 Å². The normalized spacial score (nSPS) is 10.5. The highest BCUT2D eigenvalue weighted by Crippen LogP contribution is 2.11. The smallest absolute Gasteiger partial charge is 0.0798 e. The minimum Gasteiger partial charge on any atom is -0.257 e. The summed E-state index contributed by atoms with van der Waals surface area (Å²) in [4.78, 5) is 9.53. The van der Waals surface area contributed by atoms with E-state index < -0.39 is 0 Å². The Morgan fingerprint density at radius 1 is 1.53 bits per heavy atom. The van der Waals surface area contributed by atoms with Gasteiger partial charge in [-0.3, -0.25) is 9.98 Å². The van der Waals surface area contributed by atoms with Crippen LogP contribution < -0.4 is 0 Å². The van der Waals surface area contributed by atoms with Crippen LogP contribution in [0, 0.1) is 0 Å². The lowest BCUT2D eigenvalue weighted by Gasteiger charge is -1.98. The number of aromatic nitrogens is 1. The zero-order valence-corrected chi connectivity index (χ0v) is 10.9. The summed E-state index contributed by atoms with van der Waals surface area (Å²) in [5.74, 6) is 0. The van der Waals surface area contributed by atoms with Crippen molar-refractivity contribution in [1.82, 2.24) is 4.98 Å². The molecule has 0 aliphatic carbocycles. The predicted octanol–water partition coefficient (Wildman–Crippen LogP) is 4.29. The van der Waals surface area contributed by atoms with E-state index in [0.29, 0.717) is 0 Å². The van der Waals surface area contributed by atoms with Gasteiger partial charge in [0.2, 0.25) is 0 Å². The van der Waals surface area contributed by atoms with E-state index >= 15 is 0 Å². The van der Waals surface area contributed by atoms with Crippen LogP contribution in [-0.2, 0) is 0 Å². The molecular formula is C12H20N2S. The maximum atomic E-state index is 4.40. The van der Waals surface area contributed by atoms with Gasteiger partial charge < -0.3 is 0 Å². The molecule has 0 unspecified atom stereocenters. The average Bonchev–Trinajstić information content (AvgIpc) is 2.74. The first-order chi connectivity index (χ1) is 7.24. The largest absolute Gasteiger partial charge is 0.257 e. The zero-order chi connectivity index (χ0) is 11.7. The maximum absolute atomic E-state index is 4.40. The third-order valence-electron chi connectivity index (χ3n) is 1.65. The van der Waals surface area contributed by atoms with E-state index in [2.05, 4.69) is 23.5 Å². The van der Waals surface area contributed by atoms with Gasteiger partial charge >= 0.3 is 0 Å². The van der Waals surface area contributed by atoms with Crippen LogP contribution in [0.2, 0.25) is 0 Å². The van der Waals surface area contributed by atoms with Crippen molar-refractivity contribution in [3.8, 4) is 0 Å². The number of nitrogens with zero attached hydrogens (tertiary/aromatic N) is 2. The molecule has 0 spiro atoms. The molecule has 1 heterocycles. The maximum Gasteiger partial charge on any atom is 0.0798 e. The molecule has 0 aliphatic rings. The van der Waals surface area contributed by atoms with Gasteiger partial charge in [-0.15, -0.1) is 11.3 Å². The van der Waals surface area contributed by atoms with Crippen LogP contribution in [0.4, 0.5) is 0 Å². The number of allylic oxidation sites excluding steroid dienone is 1. The third-order valence-corrected chi connectivity index (χ3v) is 2.54. The Hall–Kier alpha value is -0.960. The van der Waals surface area contributed by atoms with Crippen LogP contribution in [0.5, 0.6) is 0 Å². The van der Waals surface area contributed by atoms with E-state index in [1.165, 1.54) is 0 Å². The summed E-state index contributed by atoms with van der Waals surface area (Å²) in [6.45, 7) is 12.0. The Morgan fingerprint density at radius 3 is 2.67 bits per heavy atom. The summed E-state index contributed by atoms with van der Waals surface area (Å²) >= 11 is 1.61. The van der Waals surface area contributed by atoms with Crippen molar-refractivity contribution in [1.29, 1.82) is 0 Å². The fraction of sp³-hybridized carbons (Fsp3) is 0.500. The van der Waals surface area contributed by atoms with Gasteiger partial charge in [0.25, 0.3) is 0 Å². The fourth-order valence-electron chi connectivity index (χ4n) is 1.03. The Kier molecular flexibility index (Phi) is 7.82. The first-order valence-electron chi connectivity index (χ1n) is 5.36. The molecule has 0 bridgehead atoms. The average molecular weight is 224 g/mol. The van der Waals surface area contributed by atoms with Gasteiger partial charge in [-0.2, -0.15) is 0 Å². The minimum absolute atomic E-state index is 0.952. The van der Waals surface area contributed by atoms with E-state index in [1.54, 1.807) is 11.3 Å². The van der Waals surface area contributed by atoms with Crippen LogP contribution in [0.3, 0.4) is 0 Å². The molecular weight excluding hydrogens is 204 g/mol. The minimum atomic E-state index is 0.952. The van der Waals surface area contributed by atoms with E-state index in [-0.39, 0.29) is 0 Å². The van der Waals surface area contributed by atoms with Crippen LogP contribution in [-0.4, -0.2) is 10.7 Å². The second-order valence-corrected chi connectivity index (χ2v) is 3.77. The van der Waals surface area contributed by atoms with Gasteiger partial charge in [0.15, 0.2) is 0 Å². The SMILES string of the molecule is C=C(CCC)N=C(C)c1cncs1.CC. The van der Waals surface area contributed by atoms with E-state index in [0.717, 1.165) is 29.1 Å². The number of rotatable bonds is 4. The molecule has 2 nitrogen and oxygen atoms in total. The summed E-state index contributed by atoms with van der Waals surface area (Å²) in [6, 6.07) is 0. The zero-order valence-electron chi connectivity index (χ0n) is 10.1. The second-order valence-electron chi connectivity index (χ2n) is 2.88.